The number of nitrogens with two attached hydrogens (primary N) is 1. The lowest BCUT2D eigenvalue weighted by atomic mass is 10.1. The summed E-state index contributed by atoms with van der Waals surface area (Å²) in [5.74, 6) is -0.267. The van der Waals surface area contributed by atoms with E-state index in [1.807, 2.05) is 4.90 Å². The van der Waals surface area contributed by atoms with Crippen molar-refractivity contribution in [3.8, 4) is 0 Å². The topological polar surface area (TPSA) is 58.4 Å². The van der Waals surface area contributed by atoms with Gasteiger partial charge in [0.25, 0.3) is 0 Å². The van der Waals surface area contributed by atoms with Crippen molar-refractivity contribution in [3.63, 3.8) is 0 Å². The predicted octanol–water partition coefficient (Wildman–Crippen LogP) is 0.257. The van der Waals surface area contributed by atoms with Crippen molar-refractivity contribution >= 4 is 5.91 Å². The second-order valence-electron chi connectivity index (χ2n) is 4.25. The maximum atomic E-state index is 13.0. The minimum Gasteiger partial charge on any atom is -0.354 e. The smallest absolute Gasteiger partial charge is 0.234 e. The molecular formula is C12H16FN3O. The van der Waals surface area contributed by atoms with Crippen LogP contribution in [0.4, 0.5) is 4.39 Å². The summed E-state index contributed by atoms with van der Waals surface area (Å²) in [6.45, 7) is 2.36. The van der Waals surface area contributed by atoms with E-state index >= 15 is 0 Å². The largest absolute Gasteiger partial charge is 0.354 e. The Hall–Kier alpha value is -1.46. The number of nitrogens with zero attached hydrogens (tertiary/aromatic N) is 1. The highest BCUT2D eigenvalue weighted by Crippen LogP contribution is 2.13. The number of piperazine rings is 1. The Balaban J connectivity index is 1.96. The minimum absolute atomic E-state index is 0.0164. The molecule has 17 heavy (non-hydrogen) atoms. The number of carbonyl (C=O) groups excluding carboxylic acids is 1. The van der Waals surface area contributed by atoms with E-state index in [2.05, 4.69) is 5.32 Å². The lowest BCUT2D eigenvalue weighted by Gasteiger charge is -2.28. The van der Waals surface area contributed by atoms with E-state index in [9.17, 15) is 9.18 Å². The molecule has 1 saturated heterocycles. The minimum atomic E-state index is -0.283. The lowest BCUT2D eigenvalue weighted by Crippen LogP contribution is -2.49. The van der Waals surface area contributed by atoms with E-state index in [1.54, 1.807) is 12.1 Å². The van der Waals surface area contributed by atoms with E-state index in [0.717, 1.165) is 12.1 Å². The Morgan fingerprint density at radius 1 is 1.53 bits per heavy atom. The number of hydrogen-bond acceptors (Lipinski definition) is 3. The Labute approximate surface area is 99.6 Å². The van der Waals surface area contributed by atoms with Crippen LogP contribution in [-0.4, -0.2) is 37.0 Å². The van der Waals surface area contributed by atoms with Gasteiger partial charge in [0.1, 0.15) is 5.82 Å². The van der Waals surface area contributed by atoms with Crippen LogP contribution in [0.1, 0.15) is 11.6 Å². The summed E-state index contributed by atoms with van der Waals surface area (Å²) in [6.07, 6.45) is 0. The average Bonchev–Trinajstić information content (AvgIpc) is 2.29. The summed E-state index contributed by atoms with van der Waals surface area (Å²) in [5.41, 5.74) is 6.76. The third-order valence-corrected chi connectivity index (χ3v) is 2.85. The summed E-state index contributed by atoms with van der Waals surface area (Å²) in [7, 11) is 0. The van der Waals surface area contributed by atoms with Crippen molar-refractivity contribution in [1.29, 1.82) is 0 Å². The van der Waals surface area contributed by atoms with Crippen LogP contribution in [-0.2, 0) is 4.79 Å². The number of rotatable bonds is 3. The second kappa shape index (κ2) is 5.25. The summed E-state index contributed by atoms with van der Waals surface area (Å²) in [5, 5.41) is 2.75. The number of hydrogen-bond donors (Lipinski definition) is 2. The number of benzene rings is 1. The molecule has 4 nitrogen and oxygen atoms in total. The molecule has 0 aliphatic carbocycles. The van der Waals surface area contributed by atoms with Gasteiger partial charge in [0.2, 0.25) is 5.91 Å². The van der Waals surface area contributed by atoms with Crippen molar-refractivity contribution in [2.24, 2.45) is 5.73 Å². The van der Waals surface area contributed by atoms with E-state index in [4.69, 9.17) is 5.73 Å². The van der Waals surface area contributed by atoms with Gasteiger partial charge in [-0.25, -0.2) is 4.39 Å². The molecule has 1 aromatic carbocycles. The Morgan fingerprint density at radius 2 is 2.35 bits per heavy atom. The molecule has 92 valence electrons. The van der Waals surface area contributed by atoms with Crippen molar-refractivity contribution < 1.29 is 9.18 Å². The van der Waals surface area contributed by atoms with Gasteiger partial charge >= 0.3 is 0 Å². The van der Waals surface area contributed by atoms with Crippen LogP contribution in [0.25, 0.3) is 0 Å². The third-order valence-electron chi connectivity index (χ3n) is 2.85. The van der Waals surface area contributed by atoms with Gasteiger partial charge in [-0.15, -0.1) is 0 Å². The third kappa shape index (κ3) is 3.25. The van der Waals surface area contributed by atoms with Gasteiger partial charge in [-0.05, 0) is 17.7 Å². The molecule has 1 amide bonds. The first-order chi connectivity index (χ1) is 8.15. The Kier molecular flexibility index (Phi) is 3.71. The van der Waals surface area contributed by atoms with Gasteiger partial charge in [0.05, 0.1) is 6.54 Å². The number of amides is 1. The average molecular weight is 237 g/mol. The molecule has 1 aliphatic rings. The monoisotopic (exact) mass is 237 g/mol. The van der Waals surface area contributed by atoms with Crippen molar-refractivity contribution in [3.05, 3.63) is 35.6 Å². The molecule has 1 aliphatic heterocycles. The Bertz CT molecular complexity index is 410. The first-order valence-corrected chi connectivity index (χ1v) is 5.65. The number of nitrogens with one attached hydrogen (secondary N) is 1. The van der Waals surface area contributed by atoms with Crippen molar-refractivity contribution in [2.75, 3.05) is 26.2 Å². The fourth-order valence-corrected chi connectivity index (χ4v) is 1.97. The summed E-state index contributed by atoms with van der Waals surface area (Å²) in [6, 6.07) is 6.02. The maximum absolute atomic E-state index is 13.0. The predicted molar refractivity (Wildman–Crippen MR) is 62.8 cm³/mol. The highest BCUT2D eigenvalue weighted by Gasteiger charge is 2.19. The molecule has 1 heterocycles. The number of carbonyl (C=O) groups is 1. The first-order valence-electron chi connectivity index (χ1n) is 5.65. The van der Waals surface area contributed by atoms with E-state index in [-0.39, 0.29) is 17.8 Å². The fourth-order valence-electron chi connectivity index (χ4n) is 1.97. The van der Waals surface area contributed by atoms with Crippen LogP contribution in [0.2, 0.25) is 0 Å². The molecule has 1 fully saturated rings. The number of halogens is 1. The summed E-state index contributed by atoms with van der Waals surface area (Å²) < 4.78 is 13.0. The summed E-state index contributed by atoms with van der Waals surface area (Å²) >= 11 is 0. The molecule has 0 saturated carbocycles. The van der Waals surface area contributed by atoms with Gasteiger partial charge in [-0.1, -0.05) is 12.1 Å². The van der Waals surface area contributed by atoms with Crippen LogP contribution >= 0.6 is 0 Å². The van der Waals surface area contributed by atoms with Gasteiger partial charge < -0.3 is 11.1 Å². The molecule has 1 unspecified atom stereocenters. The fraction of sp³-hybridized carbons (Fsp3) is 0.417. The van der Waals surface area contributed by atoms with Crippen LogP contribution in [0.5, 0.6) is 0 Å². The van der Waals surface area contributed by atoms with Crippen LogP contribution in [0.15, 0.2) is 24.3 Å². The van der Waals surface area contributed by atoms with Crippen LogP contribution in [0.3, 0.4) is 0 Å². The van der Waals surface area contributed by atoms with Crippen molar-refractivity contribution in [2.45, 2.75) is 6.04 Å². The van der Waals surface area contributed by atoms with Crippen LogP contribution in [0, 0.1) is 5.82 Å². The second-order valence-corrected chi connectivity index (χ2v) is 4.25. The van der Waals surface area contributed by atoms with E-state index < -0.39 is 0 Å². The molecule has 2 rings (SSSR count). The van der Waals surface area contributed by atoms with Crippen LogP contribution < -0.4 is 11.1 Å². The maximum Gasteiger partial charge on any atom is 0.234 e. The quantitative estimate of drug-likeness (QED) is 0.792. The van der Waals surface area contributed by atoms with E-state index in [0.29, 0.717) is 19.6 Å². The SMILES string of the molecule is NC(CN1CCNC(=O)C1)c1cccc(F)c1. The van der Waals surface area contributed by atoms with Gasteiger partial charge in [0, 0.05) is 25.7 Å². The highest BCUT2D eigenvalue weighted by molar-refractivity contribution is 5.78. The van der Waals surface area contributed by atoms with E-state index in [1.165, 1.54) is 12.1 Å². The van der Waals surface area contributed by atoms with Gasteiger partial charge in [0.15, 0.2) is 0 Å². The molecular weight excluding hydrogens is 221 g/mol. The lowest BCUT2D eigenvalue weighted by molar-refractivity contribution is -0.124. The summed E-state index contributed by atoms with van der Waals surface area (Å²) in [4.78, 5) is 13.2. The van der Waals surface area contributed by atoms with Crippen molar-refractivity contribution in [1.82, 2.24) is 10.2 Å². The molecule has 0 bridgehead atoms. The zero-order chi connectivity index (χ0) is 12.3. The molecule has 0 aromatic heterocycles. The molecule has 3 N–H and O–H groups in total. The van der Waals surface area contributed by atoms with Gasteiger partial charge in [-0.2, -0.15) is 0 Å². The van der Waals surface area contributed by atoms with Gasteiger partial charge in [-0.3, -0.25) is 9.69 Å². The zero-order valence-corrected chi connectivity index (χ0v) is 9.53. The molecule has 0 spiro atoms. The molecule has 5 heteroatoms. The highest BCUT2D eigenvalue weighted by atomic mass is 19.1. The normalized spacial score (nSPS) is 18.8. The molecule has 0 radical (unpaired) electrons. The Morgan fingerprint density at radius 3 is 3.06 bits per heavy atom. The molecule has 1 aromatic rings. The molecule has 1 atom stereocenters. The zero-order valence-electron chi connectivity index (χ0n) is 9.53. The standard InChI is InChI=1S/C12H16FN3O/c13-10-3-1-2-9(6-10)11(14)7-16-5-4-15-12(17)8-16/h1-3,6,11H,4-5,7-8,14H2,(H,15,17). The first kappa shape index (κ1) is 12.0.